The second-order valence-electron chi connectivity index (χ2n) is 7.02. The Bertz CT molecular complexity index is 359. The molecule has 1 rings (SSSR count). The molecule has 0 radical (unpaired) electrons. The van der Waals surface area contributed by atoms with Gasteiger partial charge in [0, 0.05) is 6.04 Å². The van der Waals surface area contributed by atoms with E-state index in [0.29, 0.717) is 10.4 Å². The minimum atomic E-state index is -0.647. The number of hydrogen-bond acceptors (Lipinski definition) is 2. The van der Waals surface area contributed by atoms with Crippen LogP contribution in [0.2, 0.25) is 0 Å². The second-order valence-corrected chi connectivity index (χ2v) is 7.46. The zero-order valence-corrected chi connectivity index (χ0v) is 14.2. The van der Waals surface area contributed by atoms with Gasteiger partial charge in [-0.15, -0.1) is 0 Å². The van der Waals surface area contributed by atoms with Gasteiger partial charge in [-0.25, -0.2) is 0 Å². The van der Waals surface area contributed by atoms with Gasteiger partial charge in [0.25, 0.3) is 0 Å². The van der Waals surface area contributed by atoms with Gasteiger partial charge in [-0.05, 0) is 37.5 Å². The van der Waals surface area contributed by atoms with E-state index in [4.69, 9.17) is 18.0 Å². The second kappa shape index (κ2) is 6.88. The normalized spacial score (nSPS) is 21.7. The number of hydrogen-bond donors (Lipinski definition) is 2. The van der Waals surface area contributed by atoms with E-state index in [9.17, 15) is 4.79 Å². The SMILES string of the molecule is CCCC(CCC)(C(=O)NC1CCC(C)(C)C1)C(N)=S. The largest absolute Gasteiger partial charge is 0.392 e. The molecule has 1 atom stereocenters. The minimum Gasteiger partial charge on any atom is -0.392 e. The summed E-state index contributed by atoms with van der Waals surface area (Å²) in [6, 6.07) is 0.278. The Morgan fingerprint density at radius 2 is 1.90 bits per heavy atom. The lowest BCUT2D eigenvalue weighted by molar-refractivity contribution is -0.129. The van der Waals surface area contributed by atoms with Crippen LogP contribution < -0.4 is 11.1 Å². The molecule has 0 bridgehead atoms. The molecular weight excluding hydrogens is 268 g/mol. The molecule has 116 valence electrons. The number of carbonyl (C=O) groups is 1. The van der Waals surface area contributed by atoms with Crippen LogP contribution in [0.5, 0.6) is 0 Å². The zero-order valence-electron chi connectivity index (χ0n) is 13.4. The van der Waals surface area contributed by atoms with Crippen molar-refractivity contribution in [1.29, 1.82) is 0 Å². The van der Waals surface area contributed by atoms with E-state index in [1.807, 2.05) is 0 Å². The molecular formula is C16H30N2OS. The molecule has 0 aliphatic heterocycles. The fraction of sp³-hybridized carbons (Fsp3) is 0.875. The van der Waals surface area contributed by atoms with Crippen LogP contribution in [0.4, 0.5) is 0 Å². The molecule has 1 unspecified atom stereocenters. The Kier molecular flexibility index (Phi) is 5.99. The molecule has 3 N–H and O–H groups in total. The Hall–Kier alpha value is -0.640. The molecule has 1 saturated carbocycles. The third-order valence-corrected chi connectivity index (χ3v) is 4.95. The van der Waals surface area contributed by atoms with Gasteiger partial charge in [-0.2, -0.15) is 0 Å². The molecule has 0 aromatic carbocycles. The average molecular weight is 298 g/mol. The smallest absolute Gasteiger partial charge is 0.233 e. The van der Waals surface area contributed by atoms with E-state index in [1.54, 1.807) is 0 Å². The van der Waals surface area contributed by atoms with E-state index < -0.39 is 5.41 Å². The standard InChI is InChI=1S/C16H30N2OS/c1-5-8-16(9-6-2,13(17)20)14(19)18-12-7-10-15(3,4)11-12/h12H,5-11H2,1-4H3,(H2,17,20)(H,18,19). The Labute approximate surface area is 129 Å². The van der Waals surface area contributed by atoms with Gasteiger partial charge in [0.15, 0.2) is 0 Å². The first-order valence-corrected chi connectivity index (χ1v) is 8.29. The third kappa shape index (κ3) is 3.94. The van der Waals surface area contributed by atoms with Crippen LogP contribution in [0.25, 0.3) is 0 Å². The number of nitrogens with one attached hydrogen (secondary N) is 1. The molecule has 1 fully saturated rings. The maximum absolute atomic E-state index is 12.8. The first kappa shape index (κ1) is 17.4. The van der Waals surface area contributed by atoms with Crippen LogP contribution >= 0.6 is 12.2 Å². The van der Waals surface area contributed by atoms with Gasteiger partial charge in [-0.1, -0.05) is 52.8 Å². The summed E-state index contributed by atoms with van der Waals surface area (Å²) in [7, 11) is 0. The molecule has 0 spiro atoms. The fourth-order valence-electron chi connectivity index (χ4n) is 3.45. The van der Waals surface area contributed by atoms with Crippen LogP contribution in [0.3, 0.4) is 0 Å². The highest BCUT2D eigenvalue weighted by atomic mass is 32.1. The number of nitrogens with two attached hydrogens (primary N) is 1. The summed E-state index contributed by atoms with van der Waals surface area (Å²) in [4.78, 5) is 13.1. The molecule has 1 aliphatic carbocycles. The van der Waals surface area contributed by atoms with Crippen molar-refractivity contribution in [2.24, 2.45) is 16.6 Å². The molecule has 0 aromatic heterocycles. The summed E-state index contributed by atoms with van der Waals surface area (Å²) in [6.07, 6.45) is 6.60. The van der Waals surface area contributed by atoms with Crippen LogP contribution in [0.1, 0.15) is 72.6 Å². The monoisotopic (exact) mass is 298 g/mol. The van der Waals surface area contributed by atoms with E-state index >= 15 is 0 Å². The molecule has 0 heterocycles. The summed E-state index contributed by atoms with van der Waals surface area (Å²) in [5.74, 6) is 0.0522. The minimum absolute atomic E-state index is 0.0522. The van der Waals surface area contributed by atoms with Crippen molar-refractivity contribution in [3.8, 4) is 0 Å². The summed E-state index contributed by atoms with van der Waals surface area (Å²) >= 11 is 5.24. The maximum Gasteiger partial charge on any atom is 0.233 e. The van der Waals surface area contributed by atoms with E-state index in [-0.39, 0.29) is 11.9 Å². The number of rotatable bonds is 7. The molecule has 1 amide bonds. The molecule has 3 nitrogen and oxygen atoms in total. The lowest BCUT2D eigenvalue weighted by Crippen LogP contribution is -2.51. The molecule has 0 saturated heterocycles. The summed E-state index contributed by atoms with van der Waals surface area (Å²) in [6.45, 7) is 8.68. The highest BCUT2D eigenvalue weighted by Gasteiger charge is 2.42. The van der Waals surface area contributed by atoms with Gasteiger partial charge in [0.2, 0.25) is 5.91 Å². The Morgan fingerprint density at radius 3 is 2.25 bits per heavy atom. The Balaban J connectivity index is 2.80. The first-order valence-electron chi connectivity index (χ1n) is 7.88. The third-order valence-electron chi connectivity index (χ3n) is 4.56. The predicted molar refractivity (Wildman–Crippen MR) is 88.6 cm³/mol. The lowest BCUT2D eigenvalue weighted by Gasteiger charge is -2.32. The van der Waals surface area contributed by atoms with Crippen molar-refractivity contribution < 1.29 is 4.79 Å². The maximum atomic E-state index is 12.8. The van der Waals surface area contributed by atoms with Crippen molar-refractivity contribution in [3.63, 3.8) is 0 Å². The van der Waals surface area contributed by atoms with Crippen LogP contribution in [0.15, 0.2) is 0 Å². The topological polar surface area (TPSA) is 55.1 Å². The van der Waals surface area contributed by atoms with Crippen molar-refractivity contribution >= 4 is 23.1 Å². The van der Waals surface area contributed by atoms with Gasteiger partial charge >= 0.3 is 0 Å². The zero-order chi connectivity index (χ0) is 15.4. The van der Waals surface area contributed by atoms with E-state index in [2.05, 4.69) is 33.0 Å². The summed E-state index contributed by atoms with van der Waals surface area (Å²) < 4.78 is 0. The van der Waals surface area contributed by atoms with Crippen LogP contribution in [0, 0.1) is 10.8 Å². The van der Waals surface area contributed by atoms with Gasteiger partial charge in [0.05, 0.1) is 10.4 Å². The lowest BCUT2D eigenvalue weighted by atomic mass is 9.78. The van der Waals surface area contributed by atoms with Crippen molar-refractivity contribution in [2.75, 3.05) is 0 Å². The number of thiocarbonyl (C=S) groups is 1. The molecule has 1 aliphatic rings. The van der Waals surface area contributed by atoms with Gasteiger partial charge in [0.1, 0.15) is 0 Å². The first-order chi connectivity index (χ1) is 9.27. The van der Waals surface area contributed by atoms with Crippen molar-refractivity contribution in [3.05, 3.63) is 0 Å². The van der Waals surface area contributed by atoms with Gasteiger partial charge < -0.3 is 11.1 Å². The van der Waals surface area contributed by atoms with Crippen molar-refractivity contribution in [1.82, 2.24) is 5.32 Å². The van der Waals surface area contributed by atoms with Crippen molar-refractivity contribution in [2.45, 2.75) is 78.7 Å². The highest BCUT2D eigenvalue weighted by molar-refractivity contribution is 7.80. The highest BCUT2D eigenvalue weighted by Crippen LogP contribution is 2.38. The summed E-state index contributed by atoms with van der Waals surface area (Å²) in [5, 5.41) is 3.22. The molecule has 4 heteroatoms. The van der Waals surface area contributed by atoms with Gasteiger partial charge in [-0.3, -0.25) is 4.79 Å². The van der Waals surface area contributed by atoms with E-state index in [0.717, 1.165) is 38.5 Å². The summed E-state index contributed by atoms with van der Waals surface area (Å²) in [5.41, 5.74) is 5.63. The predicted octanol–water partition coefficient (Wildman–Crippen LogP) is 3.55. The van der Waals surface area contributed by atoms with Crippen LogP contribution in [-0.2, 0) is 4.79 Å². The quantitative estimate of drug-likeness (QED) is 0.707. The number of amides is 1. The molecule has 20 heavy (non-hydrogen) atoms. The molecule has 0 aromatic rings. The van der Waals surface area contributed by atoms with Crippen LogP contribution in [-0.4, -0.2) is 16.9 Å². The average Bonchev–Trinajstić information content (AvgIpc) is 2.67. The fourth-order valence-corrected chi connectivity index (χ4v) is 3.74. The number of carbonyl (C=O) groups excluding carboxylic acids is 1. The Morgan fingerprint density at radius 1 is 1.35 bits per heavy atom. The van der Waals surface area contributed by atoms with E-state index in [1.165, 1.54) is 6.42 Å².